The molecule has 4 N–H and O–H groups in total. The smallest absolute Gasteiger partial charge is 0.303 e. The minimum Gasteiger partial charge on any atom is -0.463 e. The van der Waals surface area contributed by atoms with Crippen molar-refractivity contribution < 1.29 is 53.0 Å². The SMILES string of the molecule is CC(=O)OCC1O[C@@H](OC2C(N)[C@H](Sc3ccccc3)OC3COC(c4ccccc4)O[C@@H]32)C(OC(C)=O)C(O)[C@@H]1O. The average Bonchev–Trinajstić information content (AvgIpc) is 2.98. The largest absolute Gasteiger partial charge is 0.463 e. The minimum absolute atomic E-state index is 0.179. The van der Waals surface area contributed by atoms with E-state index < -0.39 is 78.7 Å². The standard InChI is InChI=1S/C29H35NO11S/c1-15(31)35-13-19-22(33)23(34)26(37-16(2)32)28(38-19)41-25-21(30)29(42-18-11-7-4-8-12-18)39-20-14-36-27(40-24(20)25)17-9-5-3-6-10-17/h3-12,19-29,33-34H,13-14,30H2,1-2H3/t19?,20?,21?,22-,23?,24+,25?,26?,27?,28+,29+/m1/s1. The molecule has 0 spiro atoms. The summed E-state index contributed by atoms with van der Waals surface area (Å²) in [7, 11) is 0. The molecule has 2 aromatic carbocycles. The molecule has 0 radical (unpaired) electrons. The van der Waals surface area contributed by atoms with Gasteiger partial charge in [-0.25, -0.2) is 0 Å². The van der Waals surface area contributed by atoms with Gasteiger partial charge in [0.1, 0.15) is 48.7 Å². The van der Waals surface area contributed by atoms with E-state index in [4.69, 9.17) is 38.9 Å². The average molecular weight is 606 g/mol. The number of thioether (sulfide) groups is 1. The summed E-state index contributed by atoms with van der Waals surface area (Å²) in [5, 5.41) is 21.6. The van der Waals surface area contributed by atoms with Crippen LogP contribution in [-0.4, -0.2) is 95.9 Å². The Morgan fingerprint density at radius 3 is 2.29 bits per heavy atom. The zero-order valence-electron chi connectivity index (χ0n) is 23.1. The van der Waals surface area contributed by atoms with Crippen LogP contribution < -0.4 is 5.73 Å². The molecule has 3 heterocycles. The van der Waals surface area contributed by atoms with E-state index >= 15 is 0 Å². The van der Waals surface area contributed by atoms with Gasteiger partial charge in [-0.1, -0.05) is 60.3 Å². The number of hydrogen-bond acceptors (Lipinski definition) is 13. The van der Waals surface area contributed by atoms with E-state index in [0.29, 0.717) is 0 Å². The molecule has 0 saturated carbocycles. The quantitative estimate of drug-likeness (QED) is 0.369. The topological polar surface area (TPSA) is 165 Å². The van der Waals surface area contributed by atoms with E-state index in [1.807, 2.05) is 60.7 Å². The van der Waals surface area contributed by atoms with Crippen LogP contribution in [0.4, 0.5) is 0 Å². The number of ether oxygens (including phenoxy) is 7. The predicted octanol–water partition coefficient (Wildman–Crippen LogP) is 1.27. The number of aliphatic hydroxyl groups excluding tert-OH is 2. The Hall–Kier alpha value is -2.59. The van der Waals surface area contributed by atoms with Crippen LogP contribution in [0.3, 0.4) is 0 Å². The molecule has 3 aliphatic rings. The van der Waals surface area contributed by atoms with Gasteiger partial charge in [-0.05, 0) is 12.1 Å². The van der Waals surface area contributed by atoms with E-state index in [-0.39, 0.29) is 13.2 Å². The van der Waals surface area contributed by atoms with Crippen LogP contribution in [0.2, 0.25) is 0 Å². The van der Waals surface area contributed by atoms with E-state index in [0.717, 1.165) is 17.4 Å². The summed E-state index contributed by atoms with van der Waals surface area (Å²) in [6.45, 7) is 2.19. The number of esters is 2. The van der Waals surface area contributed by atoms with Crippen molar-refractivity contribution in [3.8, 4) is 0 Å². The summed E-state index contributed by atoms with van der Waals surface area (Å²) in [4.78, 5) is 24.3. The molecule has 3 saturated heterocycles. The van der Waals surface area contributed by atoms with Crippen molar-refractivity contribution in [3.63, 3.8) is 0 Å². The first kappa shape index (κ1) is 30.9. The number of carbonyl (C=O) groups excluding carboxylic acids is 2. The Morgan fingerprint density at radius 1 is 0.929 bits per heavy atom. The minimum atomic E-state index is -1.61. The number of fused-ring (bicyclic) bond motifs is 1. The van der Waals surface area contributed by atoms with Gasteiger partial charge in [0.15, 0.2) is 18.7 Å². The summed E-state index contributed by atoms with van der Waals surface area (Å²) >= 11 is 1.40. The Morgan fingerprint density at radius 2 is 1.62 bits per heavy atom. The molecule has 7 unspecified atom stereocenters. The maximum Gasteiger partial charge on any atom is 0.303 e. The molecule has 0 amide bonds. The molecular weight excluding hydrogens is 570 g/mol. The van der Waals surface area contributed by atoms with Gasteiger partial charge in [0, 0.05) is 24.3 Å². The number of rotatable bonds is 8. The lowest BCUT2D eigenvalue weighted by Gasteiger charge is -2.50. The predicted molar refractivity (Wildman–Crippen MR) is 147 cm³/mol. The number of benzene rings is 2. The molecule has 3 aliphatic heterocycles. The molecule has 0 aromatic heterocycles. The van der Waals surface area contributed by atoms with Crippen molar-refractivity contribution in [2.75, 3.05) is 13.2 Å². The molecular formula is C29H35NO11S. The molecule has 228 valence electrons. The normalized spacial score (nSPS) is 36.5. The first-order chi connectivity index (χ1) is 20.2. The molecule has 3 fully saturated rings. The zero-order chi connectivity index (χ0) is 29.8. The fourth-order valence-corrected chi connectivity index (χ4v) is 6.20. The van der Waals surface area contributed by atoms with Crippen molar-refractivity contribution in [1.29, 1.82) is 0 Å². The van der Waals surface area contributed by atoms with Crippen LogP contribution in [0.1, 0.15) is 25.7 Å². The summed E-state index contributed by atoms with van der Waals surface area (Å²) in [5.41, 5.74) is 6.98. The summed E-state index contributed by atoms with van der Waals surface area (Å²) in [5.74, 6) is -1.32. The molecule has 12 nitrogen and oxygen atoms in total. The van der Waals surface area contributed by atoms with Gasteiger partial charge >= 0.3 is 11.9 Å². The van der Waals surface area contributed by atoms with Crippen LogP contribution in [0.5, 0.6) is 0 Å². The fraction of sp³-hybridized carbons (Fsp3) is 0.517. The van der Waals surface area contributed by atoms with Crippen LogP contribution in [-0.2, 0) is 42.7 Å². The lowest BCUT2D eigenvalue weighted by atomic mass is 9.95. The van der Waals surface area contributed by atoms with E-state index in [2.05, 4.69) is 0 Å². The van der Waals surface area contributed by atoms with Crippen LogP contribution in [0.15, 0.2) is 65.6 Å². The molecule has 2 aromatic rings. The van der Waals surface area contributed by atoms with Gasteiger partial charge in [-0.2, -0.15) is 0 Å². The monoisotopic (exact) mass is 605 g/mol. The van der Waals surface area contributed by atoms with Gasteiger partial charge in [-0.15, -0.1) is 0 Å². The third-order valence-electron chi connectivity index (χ3n) is 7.14. The summed E-state index contributed by atoms with van der Waals surface area (Å²) < 4.78 is 41.5. The highest BCUT2D eigenvalue weighted by atomic mass is 32.2. The Kier molecular flexibility index (Phi) is 10.1. The van der Waals surface area contributed by atoms with Crippen LogP contribution >= 0.6 is 11.8 Å². The first-order valence-corrected chi connectivity index (χ1v) is 14.5. The highest BCUT2D eigenvalue weighted by Crippen LogP contribution is 2.40. The number of aliphatic hydroxyl groups is 2. The molecule has 0 aliphatic carbocycles. The molecule has 5 rings (SSSR count). The van der Waals surface area contributed by atoms with Crippen molar-refractivity contribution in [2.24, 2.45) is 5.73 Å². The molecule has 13 heteroatoms. The Labute approximate surface area is 247 Å². The zero-order valence-corrected chi connectivity index (χ0v) is 23.9. The van der Waals surface area contributed by atoms with E-state index in [9.17, 15) is 19.8 Å². The van der Waals surface area contributed by atoms with Crippen molar-refractivity contribution in [2.45, 2.75) is 85.5 Å². The second-order valence-electron chi connectivity index (χ2n) is 10.2. The number of nitrogens with two attached hydrogens (primary N) is 1. The molecule has 42 heavy (non-hydrogen) atoms. The van der Waals surface area contributed by atoms with E-state index in [1.165, 1.54) is 18.7 Å². The maximum atomic E-state index is 12.0. The summed E-state index contributed by atoms with van der Waals surface area (Å²) in [6.07, 6.45) is -10.1. The van der Waals surface area contributed by atoms with Crippen molar-refractivity contribution >= 4 is 23.7 Å². The van der Waals surface area contributed by atoms with Gasteiger partial charge in [-0.3, -0.25) is 9.59 Å². The van der Waals surface area contributed by atoms with Crippen LogP contribution in [0.25, 0.3) is 0 Å². The first-order valence-electron chi connectivity index (χ1n) is 13.6. The van der Waals surface area contributed by atoms with Gasteiger partial charge in [0.05, 0.1) is 12.6 Å². The van der Waals surface area contributed by atoms with Gasteiger partial charge in [0.25, 0.3) is 0 Å². The van der Waals surface area contributed by atoms with Crippen molar-refractivity contribution in [1.82, 2.24) is 0 Å². The number of hydrogen-bond donors (Lipinski definition) is 3. The Bertz CT molecular complexity index is 1190. The van der Waals surface area contributed by atoms with Crippen molar-refractivity contribution in [3.05, 3.63) is 66.2 Å². The lowest BCUT2D eigenvalue weighted by Crippen LogP contribution is -2.67. The second kappa shape index (κ2) is 13.8. The highest BCUT2D eigenvalue weighted by molar-refractivity contribution is 7.99. The second-order valence-corrected chi connectivity index (χ2v) is 11.4. The maximum absolute atomic E-state index is 12.0. The molecule has 0 bridgehead atoms. The highest BCUT2D eigenvalue weighted by Gasteiger charge is 2.54. The fourth-order valence-electron chi connectivity index (χ4n) is 5.11. The Balaban J connectivity index is 1.43. The third kappa shape index (κ3) is 7.13. The molecule has 11 atom stereocenters. The van der Waals surface area contributed by atoms with Gasteiger partial charge in [0.2, 0.25) is 0 Å². The summed E-state index contributed by atoms with van der Waals surface area (Å²) in [6, 6.07) is 18.1. The lowest BCUT2D eigenvalue weighted by molar-refractivity contribution is -0.355. The van der Waals surface area contributed by atoms with Crippen LogP contribution in [0, 0.1) is 0 Å². The van der Waals surface area contributed by atoms with Gasteiger partial charge < -0.3 is 49.1 Å². The third-order valence-corrected chi connectivity index (χ3v) is 8.34. The van der Waals surface area contributed by atoms with E-state index in [1.54, 1.807) is 0 Å². The number of carbonyl (C=O) groups is 2.